The van der Waals surface area contributed by atoms with Crippen LogP contribution in [-0.2, 0) is 6.42 Å². The standard InChI is InChI=1S/C17H32N4/c1-5-6-7-8-9-10-11-12-13-15-14(2)19-17(21(3)4)20-16(15)18/h5-13H2,1-4H3,(H2,18,19,20). The van der Waals surface area contributed by atoms with Crippen molar-refractivity contribution >= 4 is 11.8 Å². The fraction of sp³-hybridized carbons (Fsp3) is 0.765. The summed E-state index contributed by atoms with van der Waals surface area (Å²) in [7, 11) is 3.87. The number of hydrogen-bond acceptors (Lipinski definition) is 4. The summed E-state index contributed by atoms with van der Waals surface area (Å²) in [5, 5.41) is 0. The lowest BCUT2D eigenvalue weighted by atomic mass is 10.0. The van der Waals surface area contributed by atoms with E-state index in [0.717, 1.165) is 17.7 Å². The number of nitrogens with zero attached hydrogens (tertiary/aromatic N) is 3. The second-order valence-electron chi connectivity index (χ2n) is 6.09. The molecule has 0 aliphatic carbocycles. The normalized spacial score (nSPS) is 10.9. The van der Waals surface area contributed by atoms with Crippen molar-refractivity contribution in [2.45, 2.75) is 71.6 Å². The summed E-state index contributed by atoms with van der Waals surface area (Å²) in [4.78, 5) is 10.8. The van der Waals surface area contributed by atoms with E-state index in [1.807, 2.05) is 25.9 Å². The number of rotatable bonds is 10. The highest BCUT2D eigenvalue weighted by Gasteiger charge is 2.10. The Morgan fingerprint density at radius 2 is 1.48 bits per heavy atom. The van der Waals surface area contributed by atoms with Crippen molar-refractivity contribution in [3.8, 4) is 0 Å². The van der Waals surface area contributed by atoms with Crippen LogP contribution in [0.2, 0.25) is 0 Å². The lowest BCUT2D eigenvalue weighted by Gasteiger charge is -2.14. The van der Waals surface area contributed by atoms with Crippen LogP contribution < -0.4 is 10.6 Å². The molecule has 0 atom stereocenters. The fourth-order valence-corrected chi connectivity index (χ4v) is 2.55. The van der Waals surface area contributed by atoms with Crippen molar-refractivity contribution in [2.75, 3.05) is 24.7 Å². The molecule has 21 heavy (non-hydrogen) atoms. The number of hydrogen-bond donors (Lipinski definition) is 1. The average Bonchev–Trinajstić information content (AvgIpc) is 2.43. The highest BCUT2D eigenvalue weighted by atomic mass is 15.2. The molecule has 0 radical (unpaired) electrons. The van der Waals surface area contributed by atoms with Crippen LogP contribution in [0, 0.1) is 6.92 Å². The van der Waals surface area contributed by atoms with Crippen LogP contribution in [0.4, 0.5) is 11.8 Å². The first-order chi connectivity index (χ1) is 10.1. The molecule has 1 heterocycles. The van der Waals surface area contributed by atoms with Crippen LogP contribution in [0.5, 0.6) is 0 Å². The van der Waals surface area contributed by atoms with E-state index in [-0.39, 0.29) is 0 Å². The van der Waals surface area contributed by atoms with Gasteiger partial charge >= 0.3 is 0 Å². The van der Waals surface area contributed by atoms with Gasteiger partial charge in [-0.25, -0.2) is 4.98 Å². The Morgan fingerprint density at radius 1 is 0.905 bits per heavy atom. The zero-order chi connectivity index (χ0) is 15.7. The molecule has 0 aliphatic heterocycles. The van der Waals surface area contributed by atoms with E-state index in [9.17, 15) is 0 Å². The smallest absolute Gasteiger partial charge is 0.227 e. The highest BCUT2D eigenvalue weighted by Crippen LogP contribution is 2.19. The first-order valence-corrected chi connectivity index (χ1v) is 8.36. The molecule has 0 saturated carbocycles. The quantitative estimate of drug-likeness (QED) is 0.659. The van der Waals surface area contributed by atoms with Crippen LogP contribution >= 0.6 is 0 Å². The number of anilines is 2. The summed E-state index contributed by atoms with van der Waals surface area (Å²) in [5.74, 6) is 1.35. The van der Waals surface area contributed by atoms with Gasteiger partial charge in [-0.05, 0) is 19.8 Å². The molecule has 120 valence electrons. The molecule has 0 bridgehead atoms. The Bertz CT molecular complexity index is 392. The first-order valence-electron chi connectivity index (χ1n) is 8.36. The second kappa shape index (κ2) is 9.59. The average molecular weight is 292 g/mol. The van der Waals surface area contributed by atoms with E-state index in [4.69, 9.17) is 5.73 Å². The van der Waals surface area contributed by atoms with Gasteiger partial charge in [0.25, 0.3) is 0 Å². The lowest BCUT2D eigenvalue weighted by molar-refractivity contribution is 0.575. The second-order valence-corrected chi connectivity index (χ2v) is 6.09. The molecule has 0 unspecified atom stereocenters. The third-order valence-electron chi connectivity index (χ3n) is 3.91. The largest absolute Gasteiger partial charge is 0.383 e. The SMILES string of the molecule is CCCCCCCCCCc1c(C)nc(N(C)C)nc1N. The predicted molar refractivity (Wildman–Crippen MR) is 91.8 cm³/mol. The van der Waals surface area contributed by atoms with Gasteiger partial charge in [-0.3, -0.25) is 0 Å². The van der Waals surface area contributed by atoms with Gasteiger partial charge in [0.1, 0.15) is 5.82 Å². The molecule has 1 aromatic heterocycles. The van der Waals surface area contributed by atoms with Crippen molar-refractivity contribution in [1.82, 2.24) is 9.97 Å². The van der Waals surface area contributed by atoms with Gasteiger partial charge in [0.05, 0.1) is 0 Å². The molecule has 2 N–H and O–H groups in total. The van der Waals surface area contributed by atoms with Gasteiger partial charge < -0.3 is 10.6 Å². The summed E-state index contributed by atoms with van der Waals surface area (Å²) in [6.45, 7) is 4.29. The Labute approximate surface area is 130 Å². The minimum Gasteiger partial charge on any atom is -0.383 e. The molecule has 0 aliphatic rings. The molecule has 4 nitrogen and oxygen atoms in total. The Balaban J connectivity index is 2.32. The molecule has 0 fully saturated rings. The molecule has 1 rings (SSSR count). The maximum Gasteiger partial charge on any atom is 0.227 e. The number of aromatic nitrogens is 2. The summed E-state index contributed by atoms with van der Waals surface area (Å²) in [6.07, 6.45) is 11.6. The van der Waals surface area contributed by atoms with E-state index >= 15 is 0 Å². The third kappa shape index (κ3) is 6.32. The molecule has 1 aromatic rings. The molecular formula is C17H32N4. The van der Waals surface area contributed by atoms with Crippen molar-refractivity contribution in [3.63, 3.8) is 0 Å². The predicted octanol–water partition coefficient (Wildman–Crippen LogP) is 4.12. The van der Waals surface area contributed by atoms with Crippen molar-refractivity contribution in [1.29, 1.82) is 0 Å². The number of aryl methyl sites for hydroxylation is 1. The van der Waals surface area contributed by atoms with Gasteiger partial charge in [-0.2, -0.15) is 4.98 Å². The summed E-state index contributed by atoms with van der Waals surface area (Å²) in [5.41, 5.74) is 8.23. The zero-order valence-corrected chi connectivity index (χ0v) is 14.3. The van der Waals surface area contributed by atoms with Gasteiger partial charge in [0.15, 0.2) is 0 Å². The first kappa shape index (κ1) is 17.7. The van der Waals surface area contributed by atoms with Crippen molar-refractivity contribution < 1.29 is 0 Å². The number of unbranched alkanes of at least 4 members (excludes halogenated alkanes) is 7. The van der Waals surface area contributed by atoms with Crippen LogP contribution in [0.1, 0.15) is 69.5 Å². The number of nitrogens with two attached hydrogens (primary N) is 1. The molecule has 0 aromatic carbocycles. The molecule has 0 saturated heterocycles. The summed E-state index contributed by atoms with van der Waals surface area (Å²) >= 11 is 0. The Kier molecular flexibility index (Phi) is 8.09. The Hall–Kier alpha value is -1.32. The summed E-state index contributed by atoms with van der Waals surface area (Å²) < 4.78 is 0. The maximum atomic E-state index is 6.08. The fourth-order valence-electron chi connectivity index (χ4n) is 2.55. The van der Waals surface area contributed by atoms with Gasteiger partial charge in [-0.15, -0.1) is 0 Å². The van der Waals surface area contributed by atoms with Crippen LogP contribution in [0.3, 0.4) is 0 Å². The van der Waals surface area contributed by atoms with E-state index in [0.29, 0.717) is 11.8 Å². The van der Waals surface area contributed by atoms with Crippen LogP contribution in [-0.4, -0.2) is 24.1 Å². The minimum atomic E-state index is 0.647. The van der Waals surface area contributed by atoms with Crippen molar-refractivity contribution in [3.05, 3.63) is 11.3 Å². The van der Waals surface area contributed by atoms with E-state index in [1.165, 1.54) is 51.4 Å². The Morgan fingerprint density at radius 3 is 2.00 bits per heavy atom. The summed E-state index contributed by atoms with van der Waals surface area (Å²) in [6, 6.07) is 0. The minimum absolute atomic E-state index is 0.647. The van der Waals surface area contributed by atoms with Crippen LogP contribution in [0.15, 0.2) is 0 Å². The molecule has 0 amide bonds. The highest BCUT2D eigenvalue weighted by molar-refractivity contribution is 5.47. The van der Waals surface area contributed by atoms with E-state index in [2.05, 4.69) is 16.9 Å². The van der Waals surface area contributed by atoms with Gasteiger partial charge in [0.2, 0.25) is 5.95 Å². The zero-order valence-electron chi connectivity index (χ0n) is 14.3. The van der Waals surface area contributed by atoms with Crippen LogP contribution in [0.25, 0.3) is 0 Å². The van der Waals surface area contributed by atoms with Gasteiger partial charge in [0, 0.05) is 25.4 Å². The van der Waals surface area contributed by atoms with Crippen molar-refractivity contribution in [2.24, 2.45) is 0 Å². The molecule has 4 heteroatoms. The topological polar surface area (TPSA) is 55.0 Å². The monoisotopic (exact) mass is 292 g/mol. The lowest BCUT2D eigenvalue weighted by Crippen LogP contribution is -2.16. The third-order valence-corrected chi connectivity index (χ3v) is 3.91. The molecular weight excluding hydrogens is 260 g/mol. The van der Waals surface area contributed by atoms with E-state index in [1.54, 1.807) is 0 Å². The maximum absolute atomic E-state index is 6.08. The van der Waals surface area contributed by atoms with E-state index < -0.39 is 0 Å². The van der Waals surface area contributed by atoms with Gasteiger partial charge in [-0.1, -0.05) is 51.9 Å². The molecule has 0 spiro atoms. The number of nitrogen functional groups attached to an aromatic ring is 1.